The van der Waals surface area contributed by atoms with Crippen molar-refractivity contribution in [1.29, 1.82) is 0 Å². The minimum absolute atomic E-state index is 0.0754. The molecule has 2 aromatic carbocycles. The summed E-state index contributed by atoms with van der Waals surface area (Å²) in [4.78, 5) is 26.4. The Labute approximate surface area is 180 Å². The Balaban J connectivity index is 2.02. The summed E-state index contributed by atoms with van der Waals surface area (Å²) in [5.41, 5.74) is 2.47. The Morgan fingerprint density at radius 2 is 1.93 bits per heavy atom. The van der Waals surface area contributed by atoms with Crippen molar-refractivity contribution in [1.82, 2.24) is 5.32 Å². The summed E-state index contributed by atoms with van der Waals surface area (Å²) in [6.45, 7) is 3.98. The van der Waals surface area contributed by atoms with Crippen molar-refractivity contribution in [2.24, 2.45) is 0 Å². The second kappa shape index (κ2) is 7.51. The van der Waals surface area contributed by atoms with Crippen molar-refractivity contribution in [3.63, 3.8) is 0 Å². The Bertz CT molecular complexity index is 1030. The summed E-state index contributed by atoms with van der Waals surface area (Å²) in [5.74, 6) is -0.560. The molecule has 0 saturated carbocycles. The van der Waals surface area contributed by atoms with Crippen LogP contribution in [0.3, 0.4) is 0 Å². The van der Waals surface area contributed by atoms with E-state index in [1.165, 1.54) is 0 Å². The fourth-order valence-corrected chi connectivity index (χ4v) is 5.28. The third kappa shape index (κ3) is 3.06. The first-order valence-corrected chi connectivity index (χ1v) is 10.5. The number of hydrogen-bond donors (Lipinski definition) is 2. The number of carbonyl (C=O) groups is 2. The van der Waals surface area contributed by atoms with Gasteiger partial charge in [-0.1, -0.05) is 60.0 Å². The zero-order valence-electron chi connectivity index (χ0n) is 16.3. The molecule has 6 heteroatoms. The van der Waals surface area contributed by atoms with Crippen LogP contribution < -0.4 is 10.6 Å². The number of piperidine rings is 1. The van der Waals surface area contributed by atoms with Crippen LogP contribution in [0.1, 0.15) is 43.7 Å². The number of benzene rings is 2. The molecule has 0 unspecified atom stereocenters. The van der Waals surface area contributed by atoms with Gasteiger partial charge in [-0.25, -0.2) is 0 Å². The maximum atomic E-state index is 13.7. The van der Waals surface area contributed by atoms with E-state index in [1.54, 1.807) is 18.2 Å². The normalized spacial score (nSPS) is 26.3. The molecule has 2 aliphatic rings. The number of fused-ring (bicyclic) bond motifs is 2. The van der Waals surface area contributed by atoms with Crippen LogP contribution >= 0.6 is 23.2 Å². The predicted molar refractivity (Wildman–Crippen MR) is 117 cm³/mol. The molecular formula is C23H22Cl2N2O2. The molecule has 150 valence electrons. The van der Waals surface area contributed by atoms with E-state index in [0.29, 0.717) is 15.7 Å². The molecular weight excluding hydrogens is 407 g/mol. The summed E-state index contributed by atoms with van der Waals surface area (Å²) in [6, 6.07) is 12.5. The second-order valence-corrected chi connectivity index (χ2v) is 8.42. The SMILES string of the molecule is C/C=C(\CC)[C@H]1NC(=O)C[C@@H](c2cccc(Cl)c2)[C@]12C(=O)Nc1cc(Cl)ccc12. The number of allylic oxidation sites excluding steroid dienone is 1. The fourth-order valence-electron chi connectivity index (χ4n) is 4.91. The monoisotopic (exact) mass is 428 g/mol. The molecule has 2 N–H and O–H groups in total. The summed E-state index contributed by atoms with van der Waals surface area (Å²) in [5, 5.41) is 7.28. The van der Waals surface area contributed by atoms with Gasteiger partial charge < -0.3 is 10.6 Å². The van der Waals surface area contributed by atoms with Gasteiger partial charge in [0.05, 0.1) is 6.04 Å². The Morgan fingerprint density at radius 1 is 1.17 bits per heavy atom. The molecule has 0 radical (unpaired) electrons. The van der Waals surface area contributed by atoms with Crippen molar-refractivity contribution < 1.29 is 9.59 Å². The maximum Gasteiger partial charge on any atom is 0.238 e. The van der Waals surface area contributed by atoms with E-state index in [0.717, 1.165) is 23.1 Å². The lowest BCUT2D eigenvalue weighted by molar-refractivity contribution is -0.130. The third-order valence-corrected chi connectivity index (χ3v) is 6.62. The topological polar surface area (TPSA) is 58.2 Å². The van der Waals surface area contributed by atoms with Gasteiger partial charge in [0.15, 0.2) is 0 Å². The molecule has 0 bridgehead atoms. The lowest BCUT2D eigenvalue weighted by Gasteiger charge is -2.47. The van der Waals surface area contributed by atoms with E-state index in [1.807, 2.05) is 44.2 Å². The highest BCUT2D eigenvalue weighted by Crippen LogP contribution is 2.54. The molecule has 1 fully saturated rings. The molecule has 4 rings (SSSR count). The first kappa shape index (κ1) is 20.0. The highest BCUT2D eigenvalue weighted by atomic mass is 35.5. The van der Waals surface area contributed by atoms with E-state index < -0.39 is 11.5 Å². The molecule has 2 amide bonds. The van der Waals surface area contributed by atoms with Gasteiger partial charge in [-0.2, -0.15) is 0 Å². The highest BCUT2D eigenvalue weighted by Gasteiger charge is 2.61. The van der Waals surface area contributed by atoms with E-state index in [-0.39, 0.29) is 24.2 Å². The summed E-state index contributed by atoms with van der Waals surface area (Å²) >= 11 is 12.5. The van der Waals surface area contributed by atoms with Gasteiger partial charge in [0.2, 0.25) is 11.8 Å². The zero-order chi connectivity index (χ0) is 20.8. The summed E-state index contributed by atoms with van der Waals surface area (Å²) in [6.07, 6.45) is 2.92. The number of halogens is 2. The number of anilines is 1. The molecule has 0 aromatic heterocycles. The smallest absolute Gasteiger partial charge is 0.238 e. The van der Waals surface area contributed by atoms with E-state index >= 15 is 0 Å². The first-order valence-electron chi connectivity index (χ1n) is 9.73. The molecule has 1 spiro atoms. The summed E-state index contributed by atoms with van der Waals surface area (Å²) < 4.78 is 0. The first-order chi connectivity index (χ1) is 13.9. The summed E-state index contributed by atoms with van der Waals surface area (Å²) in [7, 11) is 0. The molecule has 2 heterocycles. The fraction of sp³-hybridized carbons (Fsp3) is 0.304. The number of hydrogen-bond acceptors (Lipinski definition) is 2. The molecule has 1 saturated heterocycles. The van der Waals surface area contributed by atoms with Crippen LogP contribution in [0.4, 0.5) is 5.69 Å². The van der Waals surface area contributed by atoms with Gasteiger partial charge in [-0.3, -0.25) is 9.59 Å². The van der Waals surface area contributed by atoms with Crippen LogP contribution in [0.2, 0.25) is 10.0 Å². The van der Waals surface area contributed by atoms with Crippen molar-refractivity contribution in [3.05, 3.63) is 75.3 Å². The maximum absolute atomic E-state index is 13.7. The van der Waals surface area contributed by atoms with E-state index in [2.05, 4.69) is 10.6 Å². The molecule has 0 aliphatic carbocycles. The minimum atomic E-state index is -0.976. The lowest BCUT2D eigenvalue weighted by Crippen LogP contribution is -2.62. The predicted octanol–water partition coefficient (Wildman–Crippen LogP) is 5.21. The number of amides is 2. The van der Waals surface area contributed by atoms with Gasteiger partial charge in [0.1, 0.15) is 5.41 Å². The number of nitrogens with one attached hydrogen (secondary N) is 2. The molecule has 29 heavy (non-hydrogen) atoms. The molecule has 2 aliphatic heterocycles. The number of carbonyl (C=O) groups excluding carboxylic acids is 2. The van der Waals surface area contributed by atoms with Crippen molar-refractivity contribution in [2.45, 2.75) is 44.1 Å². The van der Waals surface area contributed by atoms with Gasteiger partial charge in [-0.05, 0) is 48.7 Å². The van der Waals surface area contributed by atoms with Crippen LogP contribution in [0.15, 0.2) is 54.1 Å². The molecule has 2 aromatic rings. The van der Waals surface area contributed by atoms with Crippen LogP contribution in [-0.4, -0.2) is 17.9 Å². The van der Waals surface area contributed by atoms with E-state index in [4.69, 9.17) is 23.2 Å². The van der Waals surface area contributed by atoms with Gasteiger partial charge >= 0.3 is 0 Å². The lowest BCUT2D eigenvalue weighted by atomic mass is 9.59. The van der Waals surface area contributed by atoms with Crippen LogP contribution in [0.25, 0.3) is 0 Å². The van der Waals surface area contributed by atoms with Crippen LogP contribution in [-0.2, 0) is 15.0 Å². The Kier molecular flexibility index (Phi) is 5.18. The Hall–Kier alpha value is -2.30. The standard InChI is InChI=1S/C23H22Cl2N2O2/c1-3-13(4-2)21-23(17-9-8-16(25)11-19(17)26-22(23)29)18(12-20(28)27-21)14-6-5-7-15(24)10-14/h3,5-11,18,21H,4,12H2,1-2H3,(H,26,29)(H,27,28)/b13-3+/t18-,21+,23-/m0/s1. The van der Waals surface area contributed by atoms with Crippen molar-refractivity contribution >= 4 is 40.7 Å². The molecule has 3 atom stereocenters. The second-order valence-electron chi connectivity index (χ2n) is 7.54. The average Bonchev–Trinajstić information content (AvgIpc) is 2.96. The number of rotatable bonds is 3. The van der Waals surface area contributed by atoms with Gasteiger partial charge in [0, 0.05) is 28.1 Å². The quantitative estimate of drug-likeness (QED) is 0.658. The zero-order valence-corrected chi connectivity index (χ0v) is 17.8. The third-order valence-electron chi connectivity index (χ3n) is 6.15. The van der Waals surface area contributed by atoms with Crippen LogP contribution in [0.5, 0.6) is 0 Å². The molecule has 4 nitrogen and oxygen atoms in total. The van der Waals surface area contributed by atoms with Crippen molar-refractivity contribution in [2.75, 3.05) is 5.32 Å². The van der Waals surface area contributed by atoms with Gasteiger partial charge in [-0.15, -0.1) is 0 Å². The van der Waals surface area contributed by atoms with Gasteiger partial charge in [0.25, 0.3) is 0 Å². The Morgan fingerprint density at radius 3 is 2.62 bits per heavy atom. The average molecular weight is 429 g/mol. The van der Waals surface area contributed by atoms with Crippen LogP contribution in [0, 0.1) is 0 Å². The van der Waals surface area contributed by atoms with Crippen molar-refractivity contribution in [3.8, 4) is 0 Å². The van der Waals surface area contributed by atoms with E-state index in [9.17, 15) is 9.59 Å². The highest BCUT2D eigenvalue weighted by molar-refractivity contribution is 6.31. The minimum Gasteiger partial charge on any atom is -0.348 e. The largest absolute Gasteiger partial charge is 0.348 e.